The molecule has 0 unspecified atom stereocenters. The summed E-state index contributed by atoms with van der Waals surface area (Å²) in [5.74, 6) is -0.156. The number of hydrogen-bond acceptors (Lipinski definition) is 3. The maximum absolute atomic E-state index is 12.3. The van der Waals surface area contributed by atoms with E-state index in [-0.39, 0.29) is 5.91 Å². The van der Waals surface area contributed by atoms with Crippen LogP contribution in [0.25, 0.3) is 10.9 Å². The van der Waals surface area contributed by atoms with Crippen LogP contribution >= 0.6 is 0 Å². The summed E-state index contributed by atoms with van der Waals surface area (Å²) in [4.78, 5) is 12.3. The van der Waals surface area contributed by atoms with Crippen LogP contribution < -0.4 is 11.1 Å². The SMILES string of the molecule is Cc1cc(N)ccc1C(=O)Nc1cccc2[nH]ncc12. The third-order valence-electron chi connectivity index (χ3n) is 3.23. The first kappa shape index (κ1) is 12.2. The molecule has 1 aromatic heterocycles. The zero-order valence-corrected chi connectivity index (χ0v) is 11.0. The highest BCUT2D eigenvalue weighted by Crippen LogP contribution is 2.22. The van der Waals surface area contributed by atoms with Crippen LogP contribution in [-0.4, -0.2) is 16.1 Å². The lowest BCUT2D eigenvalue weighted by molar-refractivity contribution is 0.102. The van der Waals surface area contributed by atoms with E-state index in [1.165, 1.54) is 0 Å². The number of amides is 1. The summed E-state index contributed by atoms with van der Waals surface area (Å²) in [5.41, 5.74) is 9.43. The number of fused-ring (bicyclic) bond motifs is 1. The Morgan fingerprint density at radius 2 is 2.15 bits per heavy atom. The number of nitrogens with zero attached hydrogens (tertiary/aromatic N) is 1. The normalized spacial score (nSPS) is 10.7. The first-order chi connectivity index (χ1) is 9.65. The molecule has 0 aliphatic carbocycles. The number of nitrogens with two attached hydrogens (primary N) is 1. The van der Waals surface area contributed by atoms with Gasteiger partial charge in [-0.1, -0.05) is 6.07 Å². The number of aromatic amines is 1. The molecular formula is C15H14N4O. The summed E-state index contributed by atoms with van der Waals surface area (Å²) in [5, 5.41) is 10.6. The van der Waals surface area contributed by atoms with E-state index in [0.29, 0.717) is 11.3 Å². The van der Waals surface area contributed by atoms with Crippen LogP contribution in [0.4, 0.5) is 11.4 Å². The summed E-state index contributed by atoms with van der Waals surface area (Å²) >= 11 is 0. The Bertz CT molecular complexity index is 791. The topological polar surface area (TPSA) is 83.8 Å². The Morgan fingerprint density at radius 1 is 1.30 bits per heavy atom. The average molecular weight is 266 g/mol. The Labute approximate surface area is 115 Å². The Hall–Kier alpha value is -2.82. The van der Waals surface area contributed by atoms with E-state index in [1.807, 2.05) is 25.1 Å². The van der Waals surface area contributed by atoms with Gasteiger partial charge in [0.2, 0.25) is 0 Å². The molecule has 3 rings (SSSR count). The molecule has 3 aromatic rings. The zero-order valence-electron chi connectivity index (χ0n) is 11.0. The second-order valence-electron chi connectivity index (χ2n) is 4.67. The maximum Gasteiger partial charge on any atom is 0.255 e. The van der Waals surface area contributed by atoms with Crippen LogP contribution in [0.5, 0.6) is 0 Å². The number of benzene rings is 2. The number of carbonyl (C=O) groups excluding carboxylic acids is 1. The molecule has 0 saturated heterocycles. The molecule has 5 heteroatoms. The van der Waals surface area contributed by atoms with Gasteiger partial charge >= 0.3 is 0 Å². The van der Waals surface area contributed by atoms with Gasteiger partial charge in [-0.2, -0.15) is 5.10 Å². The Balaban J connectivity index is 1.94. The highest BCUT2D eigenvalue weighted by Gasteiger charge is 2.11. The fraction of sp³-hybridized carbons (Fsp3) is 0.0667. The molecule has 1 amide bonds. The Kier molecular flexibility index (Phi) is 2.87. The molecule has 1 heterocycles. The molecule has 2 aromatic carbocycles. The van der Waals surface area contributed by atoms with Gasteiger partial charge in [0.15, 0.2) is 0 Å². The fourth-order valence-corrected chi connectivity index (χ4v) is 2.21. The minimum Gasteiger partial charge on any atom is -0.399 e. The first-order valence-electron chi connectivity index (χ1n) is 6.25. The molecule has 0 fully saturated rings. The van der Waals surface area contributed by atoms with Crippen LogP contribution in [0, 0.1) is 6.92 Å². The third-order valence-corrected chi connectivity index (χ3v) is 3.23. The largest absolute Gasteiger partial charge is 0.399 e. The van der Waals surface area contributed by atoms with Crippen LogP contribution in [0.15, 0.2) is 42.6 Å². The molecule has 0 aliphatic heterocycles. The van der Waals surface area contributed by atoms with Gasteiger partial charge < -0.3 is 11.1 Å². The van der Waals surface area contributed by atoms with Crippen LogP contribution in [0.2, 0.25) is 0 Å². The van der Waals surface area contributed by atoms with E-state index in [2.05, 4.69) is 15.5 Å². The van der Waals surface area contributed by atoms with E-state index < -0.39 is 0 Å². The zero-order chi connectivity index (χ0) is 14.1. The van der Waals surface area contributed by atoms with Crippen LogP contribution in [-0.2, 0) is 0 Å². The van der Waals surface area contributed by atoms with Crippen molar-refractivity contribution in [3.8, 4) is 0 Å². The molecule has 0 atom stereocenters. The van der Waals surface area contributed by atoms with Gasteiger partial charge in [-0.15, -0.1) is 0 Å². The lowest BCUT2D eigenvalue weighted by Crippen LogP contribution is -2.13. The van der Waals surface area contributed by atoms with E-state index >= 15 is 0 Å². The van der Waals surface area contributed by atoms with Crippen LogP contribution in [0.3, 0.4) is 0 Å². The highest BCUT2D eigenvalue weighted by atomic mass is 16.1. The first-order valence-corrected chi connectivity index (χ1v) is 6.25. The van der Waals surface area contributed by atoms with E-state index in [4.69, 9.17) is 5.73 Å². The number of H-pyrrole nitrogens is 1. The monoisotopic (exact) mass is 266 g/mol. The quantitative estimate of drug-likeness (QED) is 0.623. The van der Waals surface area contributed by atoms with Crippen molar-refractivity contribution in [1.29, 1.82) is 0 Å². The van der Waals surface area contributed by atoms with Gasteiger partial charge in [0.05, 0.1) is 17.4 Å². The molecule has 0 bridgehead atoms. The molecule has 5 nitrogen and oxygen atoms in total. The van der Waals surface area contributed by atoms with Gasteiger partial charge in [0.1, 0.15) is 0 Å². The highest BCUT2D eigenvalue weighted by molar-refractivity contribution is 6.09. The van der Waals surface area contributed by atoms with Crippen molar-refractivity contribution < 1.29 is 4.79 Å². The predicted molar refractivity (Wildman–Crippen MR) is 79.6 cm³/mol. The second kappa shape index (κ2) is 4.70. The minimum absolute atomic E-state index is 0.156. The molecule has 0 saturated carbocycles. The van der Waals surface area contributed by atoms with E-state index in [1.54, 1.807) is 24.4 Å². The van der Waals surface area contributed by atoms with Crippen molar-refractivity contribution in [2.45, 2.75) is 6.92 Å². The number of aromatic nitrogens is 2. The second-order valence-corrected chi connectivity index (χ2v) is 4.67. The summed E-state index contributed by atoms with van der Waals surface area (Å²) in [7, 11) is 0. The number of carbonyl (C=O) groups is 1. The van der Waals surface area contributed by atoms with Crippen molar-refractivity contribution in [2.24, 2.45) is 0 Å². The minimum atomic E-state index is -0.156. The standard InChI is InChI=1S/C15H14N4O/c1-9-7-10(16)5-6-11(9)15(20)18-13-3-2-4-14-12(13)8-17-19-14/h2-8H,16H2,1H3,(H,17,19)(H,18,20). The summed E-state index contributed by atoms with van der Waals surface area (Å²) in [6.45, 7) is 1.86. The van der Waals surface area contributed by atoms with Gasteiger partial charge in [0.25, 0.3) is 5.91 Å². The molecule has 0 aliphatic rings. The number of hydrogen-bond donors (Lipinski definition) is 3. The van der Waals surface area contributed by atoms with Crippen molar-refractivity contribution in [3.05, 3.63) is 53.7 Å². The number of aryl methyl sites for hydroxylation is 1. The van der Waals surface area contributed by atoms with Gasteiger partial charge in [-0.25, -0.2) is 0 Å². The van der Waals surface area contributed by atoms with Crippen molar-refractivity contribution >= 4 is 28.2 Å². The number of nitrogen functional groups attached to an aromatic ring is 1. The lowest BCUT2D eigenvalue weighted by Gasteiger charge is -2.09. The van der Waals surface area contributed by atoms with Crippen molar-refractivity contribution in [1.82, 2.24) is 10.2 Å². The predicted octanol–water partition coefficient (Wildman–Crippen LogP) is 2.71. The van der Waals surface area contributed by atoms with E-state index in [9.17, 15) is 4.79 Å². The summed E-state index contributed by atoms with van der Waals surface area (Å²) < 4.78 is 0. The van der Waals surface area contributed by atoms with Crippen LogP contribution in [0.1, 0.15) is 15.9 Å². The van der Waals surface area contributed by atoms with Gasteiger partial charge in [-0.05, 0) is 42.8 Å². The molecule has 0 spiro atoms. The van der Waals surface area contributed by atoms with E-state index in [0.717, 1.165) is 22.2 Å². The summed E-state index contributed by atoms with van der Waals surface area (Å²) in [6.07, 6.45) is 1.70. The van der Waals surface area contributed by atoms with Gasteiger partial charge in [0, 0.05) is 16.6 Å². The summed E-state index contributed by atoms with van der Waals surface area (Å²) in [6, 6.07) is 10.9. The molecule has 4 N–H and O–H groups in total. The number of rotatable bonds is 2. The lowest BCUT2D eigenvalue weighted by atomic mass is 10.1. The molecule has 100 valence electrons. The van der Waals surface area contributed by atoms with Gasteiger partial charge in [-0.3, -0.25) is 9.89 Å². The molecule has 0 radical (unpaired) electrons. The number of anilines is 2. The number of nitrogens with one attached hydrogen (secondary N) is 2. The Morgan fingerprint density at radius 3 is 2.95 bits per heavy atom. The molecule has 20 heavy (non-hydrogen) atoms. The average Bonchev–Trinajstić information content (AvgIpc) is 2.87. The van der Waals surface area contributed by atoms with Crippen molar-refractivity contribution in [2.75, 3.05) is 11.1 Å². The van der Waals surface area contributed by atoms with Crippen molar-refractivity contribution in [3.63, 3.8) is 0 Å². The maximum atomic E-state index is 12.3. The smallest absolute Gasteiger partial charge is 0.255 e. The molecular weight excluding hydrogens is 252 g/mol. The third kappa shape index (κ3) is 2.09. The fourth-order valence-electron chi connectivity index (χ4n) is 2.21.